The molecule has 2 aliphatic heterocycles. The summed E-state index contributed by atoms with van der Waals surface area (Å²) in [4.78, 5) is 23.2. The van der Waals surface area contributed by atoms with Crippen molar-refractivity contribution < 1.29 is 23.4 Å². The molecular formula is C26H22FN3O4. The van der Waals surface area contributed by atoms with Crippen molar-refractivity contribution in [2.45, 2.75) is 31.6 Å². The van der Waals surface area contributed by atoms with Gasteiger partial charge in [-0.15, -0.1) is 0 Å². The monoisotopic (exact) mass is 459 g/mol. The number of carbonyl (C=O) groups is 1. The zero-order valence-electron chi connectivity index (χ0n) is 18.7. The normalized spacial score (nSPS) is 19.5. The molecule has 8 heteroatoms. The minimum absolute atomic E-state index is 0.00238. The predicted molar refractivity (Wildman–Crippen MR) is 122 cm³/mol. The number of amides is 1. The molecule has 0 aliphatic carbocycles. The number of nitrogens with zero attached hydrogens (tertiary/aromatic N) is 3. The Morgan fingerprint density at radius 1 is 1.12 bits per heavy atom. The highest BCUT2D eigenvalue weighted by atomic mass is 19.1. The Kier molecular flexibility index (Phi) is 4.59. The van der Waals surface area contributed by atoms with Crippen molar-refractivity contribution in [3.8, 4) is 22.6 Å². The number of aromatic nitrogens is 2. The molecule has 2 atom stereocenters. The van der Waals surface area contributed by atoms with E-state index in [2.05, 4.69) is 9.97 Å². The van der Waals surface area contributed by atoms with Gasteiger partial charge in [0.1, 0.15) is 29.1 Å². The predicted octanol–water partition coefficient (Wildman–Crippen LogP) is 4.15. The molecule has 4 heterocycles. The van der Waals surface area contributed by atoms with Crippen LogP contribution in [0.2, 0.25) is 0 Å². The van der Waals surface area contributed by atoms with Gasteiger partial charge in [-0.1, -0.05) is 12.1 Å². The molecule has 2 unspecified atom stereocenters. The van der Waals surface area contributed by atoms with E-state index in [-0.39, 0.29) is 18.1 Å². The number of benzene rings is 2. The first kappa shape index (κ1) is 20.9. The molecular weight excluding hydrogens is 437 g/mol. The van der Waals surface area contributed by atoms with E-state index >= 15 is 0 Å². The van der Waals surface area contributed by atoms with Gasteiger partial charge >= 0.3 is 0 Å². The Balaban J connectivity index is 1.33. The van der Waals surface area contributed by atoms with Gasteiger partial charge in [-0.2, -0.15) is 0 Å². The Morgan fingerprint density at radius 2 is 1.91 bits per heavy atom. The fraction of sp³-hybridized carbons (Fsp3) is 0.269. The molecule has 1 N–H and O–H groups in total. The van der Waals surface area contributed by atoms with Crippen molar-refractivity contribution in [3.05, 3.63) is 71.8 Å². The van der Waals surface area contributed by atoms with Gasteiger partial charge in [0.15, 0.2) is 5.58 Å². The summed E-state index contributed by atoms with van der Waals surface area (Å²) < 4.78 is 25.8. The molecule has 0 radical (unpaired) electrons. The van der Waals surface area contributed by atoms with E-state index in [1.54, 1.807) is 38.1 Å². The van der Waals surface area contributed by atoms with E-state index < -0.39 is 11.4 Å². The highest BCUT2D eigenvalue weighted by molar-refractivity contribution is 5.96. The summed E-state index contributed by atoms with van der Waals surface area (Å²) in [5, 5.41) is 10.3. The number of carbonyl (C=O) groups excluding carboxylic acids is 1. The third-order valence-electron chi connectivity index (χ3n) is 6.55. The van der Waals surface area contributed by atoms with E-state index in [1.165, 1.54) is 18.5 Å². The maximum Gasteiger partial charge on any atom is 0.254 e. The maximum absolute atomic E-state index is 14.3. The molecule has 1 amide bonds. The van der Waals surface area contributed by atoms with Crippen LogP contribution in [0.4, 0.5) is 4.39 Å². The van der Waals surface area contributed by atoms with Gasteiger partial charge in [0.2, 0.25) is 0 Å². The second kappa shape index (κ2) is 7.44. The molecule has 34 heavy (non-hydrogen) atoms. The first-order chi connectivity index (χ1) is 16.3. The number of morpholine rings is 1. The number of halogens is 1. The lowest BCUT2D eigenvalue weighted by atomic mass is 9.93. The number of hydrogen-bond donors (Lipinski definition) is 1. The van der Waals surface area contributed by atoms with E-state index in [0.29, 0.717) is 52.4 Å². The van der Waals surface area contributed by atoms with E-state index in [9.17, 15) is 14.3 Å². The fourth-order valence-corrected chi connectivity index (χ4v) is 4.43. The lowest BCUT2D eigenvalue weighted by Crippen LogP contribution is -2.71. The molecule has 7 nitrogen and oxygen atoms in total. The zero-order chi connectivity index (χ0) is 23.6. The highest BCUT2D eigenvalue weighted by Gasteiger charge is 2.49. The number of hydrogen-bond acceptors (Lipinski definition) is 6. The SMILES string of the molecule is CC(C)(O)c1cc(F)cc(-c2ncnc3cc(-c4ccc(C(=O)N5CC6OCC65)cc4)oc23)c1. The van der Waals surface area contributed by atoms with E-state index in [1.807, 2.05) is 17.0 Å². The number of likely N-dealkylation sites (tertiary alicyclic amines) is 1. The van der Waals surface area contributed by atoms with Gasteiger partial charge in [0.05, 0.1) is 24.4 Å². The van der Waals surface area contributed by atoms with Gasteiger partial charge in [0.25, 0.3) is 5.91 Å². The summed E-state index contributed by atoms with van der Waals surface area (Å²) in [7, 11) is 0. The topological polar surface area (TPSA) is 88.7 Å². The third kappa shape index (κ3) is 3.38. The summed E-state index contributed by atoms with van der Waals surface area (Å²) in [5.74, 6) is 0.0873. The van der Waals surface area contributed by atoms with Crippen LogP contribution in [-0.4, -0.2) is 51.2 Å². The van der Waals surface area contributed by atoms with Crippen LogP contribution < -0.4 is 0 Å². The van der Waals surface area contributed by atoms with Crippen LogP contribution in [0.25, 0.3) is 33.7 Å². The number of aliphatic hydroxyl groups is 1. The summed E-state index contributed by atoms with van der Waals surface area (Å²) in [6, 6.07) is 13.6. The van der Waals surface area contributed by atoms with Gasteiger partial charge in [-0.05, 0) is 49.7 Å². The van der Waals surface area contributed by atoms with Crippen molar-refractivity contribution >= 4 is 17.0 Å². The van der Waals surface area contributed by atoms with Crippen LogP contribution in [-0.2, 0) is 10.3 Å². The molecule has 0 saturated carbocycles. The number of furan rings is 1. The molecule has 172 valence electrons. The lowest BCUT2D eigenvalue weighted by molar-refractivity contribution is -0.195. The summed E-state index contributed by atoms with van der Waals surface area (Å²) in [6.45, 7) is 4.45. The molecule has 2 aromatic carbocycles. The van der Waals surface area contributed by atoms with Crippen LogP contribution in [0, 0.1) is 5.82 Å². The second-order valence-electron chi connectivity index (χ2n) is 9.31. The number of rotatable bonds is 4. The third-order valence-corrected chi connectivity index (χ3v) is 6.55. The largest absolute Gasteiger partial charge is 0.452 e. The zero-order valence-corrected chi connectivity index (χ0v) is 18.7. The highest BCUT2D eigenvalue weighted by Crippen LogP contribution is 2.35. The number of ether oxygens (including phenoxy) is 1. The quantitative estimate of drug-likeness (QED) is 0.493. The van der Waals surface area contributed by atoms with Gasteiger partial charge in [0, 0.05) is 29.3 Å². The molecule has 4 aromatic rings. The Hall–Kier alpha value is -3.62. The average Bonchev–Trinajstić information content (AvgIpc) is 3.24. The van der Waals surface area contributed by atoms with Gasteiger partial charge in [-0.3, -0.25) is 4.79 Å². The molecule has 2 aromatic heterocycles. The maximum atomic E-state index is 14.3. The van der Waals surface area contributed by atoms with Gasteiger partial charge in [-0.25, -0.2) is 14.4 Å². The minimum atomic E-state index is -1.21. The molecule has 2 saturated heterocycles. The summed E-state index contributed by atoms with van der Waals surface area (Å²) >= 11 is 0. The standard InChI is InChI=1S/C26H22FN3O4/c1-26(2,32)17-7-16(8-18(27)9-17)23-24-19(28-13-29-23)10-21(34-24)14-3-5-15(6-4-14)25(31)30-11-22-20(30)12-33-22/h3-10,13,20,22,32H,11-12H2,1-2H3. The van der Waals surface area contributed by atoms with E-state index in [4.69, 9.17) is 9.15 Å². The Labute approximate surface area is 194 Å². The van der Waals surface area contributed by atoms with E-state index in [0.717, 1.165) is 5.56 Å². The van der Waals surface area contributed by atoms with Crippen LogP contribution in [0.15, 0.2) is 59.3 Å². The molecule has 6 rings (SSSR count). The Morgan fingerprint density at radius 3 is 2.56 bits per heavy atom. The van der Waals surface area contributed by atoms with Crippen LogP contribution in [0.3, 0.4) is 0 Å². The summed E-state index contributed by atoms with van der Waals surface area (Å²) in [5.41, 5.74) is 2.53. The molecule has 0 bridgehead atoms. The lowest BCUT2D eigenvalue weighted by Gasteiger charge is -2.54. The van der Waals surface area contributed by atoms with Crippen molar-refractivity contribution in [1.29, 1.82) is 0 Å². The van der Waals surface area contributed by atoms with Crippen LogP contribution in [0.5, 0.6) is 0 Å². The molecule has 2 aliphatic rings. The summed E-state index contributed by atoms with van der Waals surface area (Å²) in [6.07, 6.45) is 1.60. The van der Waals surface area contributed by atoms with Crippen molar-refractivity contribution in [2.24, 2.45) is 0 Å². The van der Waals surface area contributed by atoms with Crippen molar-refractivity contribution in [2.75, 3.05) is 13.2 Å². The fourth-order valence-electron chi connectivity index (χ4n) is 4.43. The number of fused-ring (bicyclic) bond motifs is 2. The first-order valence-electron chi connectivity index (χ1n) is 11.1. The van der Waals surface area contributed by atoms with Crippen LogP contribution in [0.1, 0.15) is 29.8 Å². The van der Waals surface area contributed by atoms with Crippen LogP contribution >= 0.6 is 0 Å². The smallest absolute Gasteiger partial charge is 0.254 e. The minimum Gasteiger partial charge on any atom is -0.452 e. The van der Waals surface area contributed by atoms with Gasteiger partial charge < -0.3 is 19.2 Å². The van der Waals surface area contributed by atoms with Crippen molar-refractivity contribution in [3.63, 3.8) is 0 Å². The van der Waals surface area contributed by atoms with Crippen molar-refractivity contribution in [1.82, 2.24) is 14.9 Å². The average molecular weight is 459 g/mol. The molecule has 2 fully saturated rings. The molecule has 0 spiro atoms. The first-order valence-corrected chi connectivity index (χ1v) is 11.1. The second-order valence-corrected chi connectivity index (χ2v) is 9.31. The Bertz CT molecular complexity index is 1420.